The van der Waals surface area contributed by atoms with Crippen molar-refractivity contribution in [2.75, 3.05) is 6.61 Å². The van der Waals surface area contributed by atoms with Gasteiger partial charge in [-0.3, -0.25) is 9.59 Å². The standard InChI is InChI=1S/C22H33FO4/c1-12(25)27-14-4-6-15-13(9-14)3-5-16-17-7-8-18(20(26)11-24)22(17,2)10-19(23)21(15)16/h13-19,21,24H,3-11H2,1-2H3/t13-,14-,15+,16+,17+,18-,19-,21-,22+/m1/s1. The van der Waals surface area contributed by atoms with Gasteiger partial charge in [0.2, 0.25) is 0 Å². The zero-order valence-electron chi connectivity index (χ0n) is 16.5. The lowest BCUT2D eigenvalue weighted by molar-refractivity contribution is -0.156. The molecule has 9 atom stereocenters. The maximum absolute atomic E-state index is 15.6. The van der Waals surface area contributed by atoms with Crippen molar-refractivity contribution in [3.05, 3.63) is 0 Å². The van der Waals surface area contributed by atoms with Crippen LogP contribution in [-0.4, -0.2) is 35.7 Å². The number of aliphatic hydroxyl groups is 1. The van der Waals surface area contributed by atoms with Gasteiger partial charge in [0.05, 0.1) is 0 Å². The number of alkyl halides is 1. The van der Waals surface area contributed by atoms with E-state index >= 15 is 4.39 Å². The number of rotatable bonds is 3. The summed E-state index contributed by atoms with van der Waals surface area (Å²) in [6.07, 6.45) is 6.21. The van der Waals surface area contributed by atoms with Crippen LogP contribution in [0.25, 0.3) is 0 Å². The molecule has 0 bridgehead atoms. The SMILES string of the molecule is CC(=O)O[C@@H]1CC[C@H]2[C@H](CC[C@@H]3[C@@H]2[C@H](F)C[C@]2(C)[C@@H](C(=O)CO)CC[C@@H]32)C1. The van der Waals surface area contributed by atoms with Gasteiger partial charge in [-0.25, -0.2) is 4.39 Å². The monoisotopic (exact) mass is 380 g/mol. The van der Waals surface area contributed by atoms with E-state index in [1.165, 1.54) is 6.92 Å². The third kappa shape index (κ3) is 3.14. The van der Waals surface area contributed by atoms with Crippen LogP contribution in [0.15, 0.2) is 0 Å². The first-order valence-electron chi connectivity index (χ1n) is 10.8. The van der Waals surface area contributed by atoms with E-state index in [0.29, 0.717) is 30.1 Å². The zero-order valence-corrected chi connectivity index (χ0v) is 16.5. The lowest BCUT2D eigenvalue weighted by atomic mass is 9.49. The Kier molecular flexibility index (Phi) is 5.11. The van der Waals surface area contributed by atoms with E-state index in [-0.39, 0.29) is 35.1 Å². The van der Waals surface area contributed by atoms with Crippen LogP contribution in [0.4, 0.5) is 4.39 Å². The molecule has 0 aromatic heterocycles. The first-order chi connectivity index (χ1) is 12.8. The number of ether oxygens (including phenoxy) is 1. The molecular weight excluding hydrogens is 347 g/mol. The lowest BCUT2D eigenvalue weighted by Gasteiger charge is -2.57. The topological polar surface area (TPSA) is 63.6 Å². The maximum atomic E-state index is 15.6. The van der Waals surface area contributed by atoms with Crippen LogP contribution in [0.2, 0.25) is 0 Å². The summed E-state index contributed by atoms with van der Waals surface area (Å²) in [7, 11) is 0. The van der Waals surface area contributed by atoms with E-state index in [9.17, 15) is 14.7 Å². The number of hydrogen-bond donors (Lipinski definition) is 1. The highest BCUT2D eigenvalue weighted by molar-refractivity contribution is 5.83. The number of aliphatic hydroxyl groups excluding tert-OH is 1. The smallest absolute Gasteiger partial charge is 0.302 e. The Labute approximate surface area is 161 Å². The van der Waals surface area contributed by atoms with Gasteiger partial charge in [-0.15, -0.1) is 0 Å². The van der Waals surface area contributed by atoms with Gasteiger partial charge in [-0.05, 0) is 86.4 Å². The van der Waals surface area contributed by atoms with Gasteiger partial charge in [0.25, 0.3) is 0 Å². The molecule has 0 amide bonds. The van der Waals surface area contributed by atoms with E-state index in [2.05, 4.69) is 6.92 Å². The van der Waals surface area contributed by atoms with Crippen LogP contribution in [-0.2, 0) is 14.3 Å². The zero-order chi connectivity index (χ0) is 19.3. The molecule has 4 fully saturated rings. The number of ketones is 1. The summed E-state index contributed by atoms with van der Waals surface area (Å²) in [5.74, 6) is 1.23. The largest absolute Gasteiger partial charge is 0.463 e. The molecule has 0 aliphatic heterocycles. The number of carbonyl (C=O) groups is 2. The first kappa shape index (κ1) is 19.4. The van der Waals surface area contributed by atoms with Crippen LogP contribution in [0.1, 0.15) is 65.2 Å². The first-order valence-corrected chi connectivity index (χ1v) is 10.8. The highest BCUT2D eigenvalue weighted by Crippen LogP contribution is 2.64. The average Bonchev–Trinajstić information content (AvgIpc) is 2.96. The summed E-state index contributed by atoms with van der Waals surface area (Å²) in [6.45, 7) is 3.16. The molecule has 4 nitrogen and oxygen atoms in total. The Bertz CT molecular complexity index is 607. The molecule has 0 aromatic carbocycles. The Morgan fingerprint density at radius 2 is 1.85 bits per heavy atom. The summed E-state index contributed by atoms with van der Waals surface area (Å²) in [6, 6.07) is 0. The lowest BCUT2D eigenvalue weighted by Crippen LogP contribution is -2.54. The molecule has 0 radical (unpaired) electrons. The molecule has 4 aliphatic rings. The predicted molar refractivity (Wildman–Crippen MR) is 98.5 cm³/mol. The van der Waals surface area contributed by atoms with Crippen molar-refractivity contribution >= 4 is 11.8 Å². The fourth-order valence-electron chi connectivity index (χ4n) is 7.80. The summed E-state index contributed by atoms with van der Waals surface area (Å²) in [5, 5.41) is 9.36. The molecule has 0 saturated heterocycles. The van der Waals surface area contributed by atoms with Gasteiger partial charge in [-0.1, -0.05) is 6.92 Å². The summed E-state index contributed by atoms with van der Waals surface area (Å²) < 4.78 is 21.0. The van der Waals surface area contributed by atoms with Gasteiger partial charge in [0, 0.05) is 12.8 Å². The number of fused-ring (bicyclic) bond motifs is 5. The third-order valence-electron chi connectivity index (χ3n) is 8.71. The van der Waals surface area contributed by atoms with Crippen LogP contribution < -0.4 is 0 Å². The molecule has 5 heteroatoms. The highest BCUT2D eigenvalue weighted by Gasteiger charge is 2.61. The highest BCUT2D eigenvalue weighted by atomic mass is 19.1. The van der Waals surface area contributed by atoms with Crippen molar-refractivity contribution in [3.8, 4) is 0 Å². The molecule has 0 aromatic rings. The Morgan fingerprint density at radius 3 is 2.56 bits per heavy atom. The van der Waals surface area contributed by atoms with Crippen LogP contribution >= 0.6 is 0 Å². The van der Waals surface area contributed by atoms with Gasteiger partial charge in [0.15, 0.2) is 5.78 Å². The van der Waals surface area contributed by atoms with E-state index < -0.39 is 12.8 Å². The fraction of sp³-hybridized carbons (Fsp3) is 0.909. The molecule has 0 spiro atoms. The van der Waals surface area contributed by atoms with Gasteiger partial charge < -0.3 is 9.84 Å². The van der Waals surface area contributed by atoms with E-state index in [1.807, 2.05) is 0 Å². The minimum atomic E-state index is -0.860. The molecule has 0 unspecified atom stereocenters. The second-order valence-corrected chi connectivity index (χ2v) is 9.87. The molecule has 27 heavy (non-hydrogen) atoms. The average molecular weight is 381 g/mol. The summed E-state index contributed by atoms with van der Waals surface area (Å²) >= 11 is 0. The molecule has 1 N–H and O–H groups in total. The number of Topliss-reactive ketones (excluding diaryl/α,β-unsaturated/α-hetero) is 1. The number of carbonyl (C=O) groups excluding carboxylic acids is 2. The molecule has 0 heterocycles. The normalized spacial score (nSPS) is 48.9. The van der Waals surface area contributed by atoms with Crippen molar-refractivity contribution in [1.82, 2.24) is 0 Å². The Balaban J connectivity index is 1.52. The minimum Gasteiger partial charge on any atom is -0.463 e. The van der Waals surface area contributed by atoms with E-state index in [0.717, 1.165) is 44.9 Å². The van der Waals surface area contributed by atoms with Crippen molar-refractivity contribution in [3.63, 3.8) is 0 Å². The van der Waals surface area contributed by atoms with Crippen LogP contribution in [0.5, 0.6) is 0 Å². The van der Waals surface area contributed by atoms with Gasteiger partial charge in [0.1, 0.15) is 18.9 Å². The van der Waals surface area contributed by atoms with E-state index in [1.54, 1.807) is 0 Å². The van der Waals surface area contributed by atoms with Gasteiger partial charge in [-0.2, -0.15) is 0 Å². The minimum absolute atomic E-state index is 0.00487. The van der Waals surface area contributed by atoms with Crippen LogP contribution in [0, 0.1) is 40.9 Å². The third-order valence-corrected chi connectivity index (χ3v) is 8.71. The predicted octanol–water partition coefficient (Wildman–Crippen LogP) is 3.70. The second kappa shape index (κ2) is 7.13. The summed E-state index contributed by atoms with van der Waals surface area (Å²) in [4.78, 5) is 23.6. The van der Waals surface area contributed by atoms with Crippen LogP contribution in [0.3, 0.4) is 0 Å². The fourth-order valence-corrected chi connectivity index (χ4v) is 7.80. The van der Waals surface area contributed by atoms with E-state index in [4.69, 9.17) is 4.74 Å². The van der Waals surface area contributed by atoms with Crippen molar-refractivity contribution in [2.24, 2.45) is 40.9 Å². The van der Waals surface area contributed by atoms with Gasteiger partial charge >= 0.3 is 5.97 Å². The number of halogens is 1. The molecule has 4 rings (SSSR count). The Morgan fingerprint density at radius 1 is 1.11 bits per heavy atom. The number of esters is 1. The Hall–Kier alpha value is -0.970. The molecule has 4 saturated carbocycles. The van der Waals surface area contributed by atoms with Crippen molar-refractivity contribution < 1.29 is 23.8 Å². The van der Waals surface area contributed by atoms with Crippen molar-refractivity contribution in [1.29, 1.82) is 0 Å². The van der Waals surface area contributed by atoms with Crippen molar-refractivity contribution in [2.45, 2.75) is 77.5 Å². The number of hydrogen-bond acceptors (Lipinski definition) is 4. The maximum Gasteiger partial charge on any atom is 0.302 e. The molecule has 152 valence electrons. The quantitative estimate of drug-likeness (QED) is 0.759. The second-order valence-electron chi connectivity index (χ2n) is 9.87. The summed E-state index contributed by atoms with van der Waals surface area (Å²) in [5.41, 5.74) is -0.290. The molecular formula is C22H33FO4. The molecule has 4 aliphatic carbocycles.